The topological polar surface area (TPSA) is 75.7 Å². The van der Waals surface area contributed by atoms with Gasteiger partial charge in [-0.05, 0) is 42.8 Å². The molecule has 0 aromatic heterocycles. The number of carbonyl (C=O) groups is 1. The second-order valence-electron chi connectivity index (χ2n) is 7.10. The zero-order valence-electron chi connectivity index (χ0n) is 17.8. The molecule has 6 nitrogen and oxygen atoms in total. The molecule has 3 rings (SSSR count). The van der Waals surface area contributed by atoms with E-state index >= 15 is 0 Å². The standard InChI is InChI=1S/C24H26N2O4S/c1-4-26(17-19-8-6-5-7-9-19)31(28,29)23-16-20(12-15-22(23)30-3)24(27)25-21-13-10-18(2)11-14-21/h5-16H,4,17H2,1-3H3,(H,25,27). The molecule has 1 amide bonds. The molecule has 3 aromatic rings. The number of methoxy groups -OCH3 is 1. The number of sulfonamides is 1. The molecule has 0 atom stereocenters. The van der Waals surface area contributed by atoms with E-state index in [9.17, 15) is 13.2 Å². The SMILES string of the molecule is CCN(Cc1ccccc1)S(=O)(=O)c1cc(C(=O)Nc2ccc(C)cc2)ccc1OC. The van der Waals surface area contributed by atoms with E-state index in [2.05, 4.69) is 5.32 Å². The van der Waals surface area contributed by atoms with Gasteiger partial charge in [-0.15, -0.1) is 0 Å². The van der Waals surface area contributed by atoms with Crippen molar-refractivity contribution < 1.29 is 17.9 Å². The molecular weight excluding hydrogens is 412 g/mol. The van der Waals surface area contributed by atoms with Gasteiger partial charge in [-0.2, -0.15) is 4.31 Å². The Balaban J connectivity index is 1.93. The number of hydrogen-bond acceptors (Lipinski definition) is 4. The summed E-state index contributed by atoms with van der Waals surface area (Å²) in [5, 5.41) is 2.80. The van der Waals surface area contributed by atoms with Crippen LogP contribution in [0.5, 0.6) is 5.75 Å². The van der Waals surface area contributed by atoms with Crippen LogP contribution in [0.2, 0.25) is 0 Å². The Morgan fingerprint density at radius 3 is 2.29 bits per heavy atom. The monoisotopic (exact) mass is 438 g/mol. The predicted molar refractivity (Wildman–Crippen MR) is 122 cm³/mol. The summed E-state index contributed by atoms with van der Waals surface area (Å²) in [4.78, 5) is 12.7. The average Bonchev–Trinajstić information content (AvgIpc) is 2.79. The van der Waals surface area contributed by atoms with Gasteiger partial charge in [-0.1, -0.05) is 55.0 Å². The lowest BCUT2D eigenvalue weighted by Gasteiger charge is -2.22. The molecule has 0 radical (unpaired) electrons. The fourth-order valence-electron chi connectivity index (χ4n) is 3.15. The summed E-state index contributed by atoms with van der Waals surface area (Å²) in [6.45, 7) is 4.24. The van der Waals surface area contributed by atoms with Crippen LogP contribution < -0.4 is 10.1 Å². The third kappa shape index (κ3) is 5.31. The van der Waals surface area contributed by atoms with Crippen LogP contribution in [0.3, 0.4) is 0 Å². The van der Waals surface area contributed by atoms with Crippen molar-refractivity contribution in [2.75, 3.05) is 19.0 Å². The van der Waals surface area contributed by atoms with Crippen LogP contribution in [-0.4, -0.2) is 32.3 Å². The van der Waals surface area contributed by atoms with Gasteiger partial charge < -0.3 is 10.1 Å². The summed E-state index contributed by atoms with van der Waals surface area (Å²) in [7, 11) is -2.49. The first-order valence-corrected chi connectivity index (χ1v) is 11.4. The summed E-state index contributed by atoms with van der Waals surface area (Å²) < 4.78 is 33.5. The molecule has 0 spiro atoms. The van der Waals surface area contributed by atoms with Crippen LogP contribution in [0.4, 0.5) is 5.69 Å². The quantitative estimate of drug-likeness (QED) is 0.563. The van der Waals surface area contributed by atoms with Crippen LogP contribution in [-0.2, 0) is 16.6 Å². The smallest absolute Gasteiger partial charge is 0.255 e. The highest BCUT2D eigenvalue weighted by atomic mass is 32.2. The van der Waals surface area contributed by atoms with Crippen molar-refractivity contribution in [3.05, 3.63) is 89.5 Å². The summed E-state index contributed by atoms with van der Waals surface area (Å²) in [5.41, 5.74) is 2.82. The summed E-state index contributed by atoms with van der Waals surface area (Å²) >= 11 is 0. The number of ether oxygens (including phenoxy) is 1. The number of nitrogens with one attached hydrogen (secondary N) is 1. The van der Waals surface area contributed by atoms with Gasteiger partial charge in [0.15, 0.2) is 0 Å². The van der Waals surface area contributed by atoms with Crippen molar-refractivity contribution in [2.24, 2.45) is 0 Å². The number of anilines is 1. The molecule has 0 aliphatic rings. The van der Waals surface area contributed by atoms with Crippen molar-refractivity contribution in [3.63, 3.8) is 0 Å². The Morgan fingerprint density at radius 1 is 1.00 bits per heavy atom. The maximum Gasteiger partial charge on any atom is 0.255 e. The van der Waals surface area contributed by atoms with E-state index in [4.69, 9.17) is 4.74 Å². The maximum absolute atomic E-state index is 13.4. The Morgan fingerprint density at radius 2 is 1.68 bits per heavy atom. The lowest BCUT2D eigenvalue weighted by molar-refractivity contribution is 0.102. The summed E-state index contributed by atoms with van der Waals surface area (Å²) in [6.07, 6.45) is 0. The van der Waals surface area contributed by atoms with E-state index < -0.39 is 15.9 Å². The van der Waals surface area contributed by atoms with Crippen molar-refractivity contribution in [3.8, 4) is 5.75 Å². The highest BCUT2D eigenvalue weighted by Gasteiger charge is 2.28. The molecule has 162 valence electrons. The van der Waals surface area contributed by atoms with Crippen LogP contribution in [0.1, 0.15) is 28.4 Å². The molecule has 0 saturated heterocycles. The lowest BCUT2D eigenvalue weighted by atomic mass is 10.2. The van der Waals surface area contributed by atoms with Gasteiger partial charge >= 0.3 is 0 Å². The minimum atomic E-state index is -3.90. The van der Waals surface area contributed by atoms with E-state index in [1.165, 1.54) is 23.5 Å². The highest BCUT2D eigenvalue weighted by molar-refractivity contribution is 7.89. The van der Waals surface area contributed by atoms with Crippen LogP contribution >= 0.6 is 0 Å². The number of rotatable bonds is 8. The molecule has 1 N–H and O–H groups in total. The fourth-order valence-corrected chi connectivity index (χ4v) is 4.77. The Kier molecular flexibility index (Phi) is 7.09. The number of hydrogen-bond donors (Lipinski definition) is 1. The van der Waals surface area contributed by atoms with Crippen molar-refractivity contribution in [1.82, 2.24) is 4.31 Å². The molecule has 0 aliphatic heterocycles. The van der Waals surface area contributed by atoms with Gasteiger partial charge in [-0.3, -0.25) is 4.79 Å². The van der Waals surface area contributed by atoms with Gasteiger partial charge in [0, 0.05) is 24.3 Å². The van der Waals surface area contributed by atoms with E-state index in [0.29, 0.717) is 5.69 Å². The second kappa shape index (κ2) is 9.76. The van der Waals surface area contributed by atoms with E-state index in [-0.39, 0.29) is 29.3 Å². The molecule has 31 heavy (non-hydrogen) atoms. The number of nitrogens with zero attached hydrogens (tertiary/aromatic N) is 1. The second-order valence-corrected chi connectivity index (χ2v) is 9.01. The van der Waals surface area contributed by atoms with Gasteiger partial charge in [0.1, 0.15) is 10.6 Å². The minimum absolute atomic E-state index is 0.0377. The van der Waals surface area contributed by atoms with Crippen LogP contribution in [0.15, 0.2) is 77.7 Å². The zero-order valence-corrected chi connectivity index (χ0v) is 18.6. The Labute approximate surface area is 183 Å². The molecule has 0 heterocycles. The first-order valence-electron chi connectivity index (χ1n) is 9.95. The maximum atomic E-state index is 13.4. The Bertz CT molecular complexity index is 1140. The molecule has 0 unspecified atom stereocenters. The van der Waals surface area contributed by atoms with Crippen molar-refractivity contribution in [2.45, 2.75) is 25.3 Å². The molecule has 0 aliphatic carbocycles. The van der Waals surface area contributed by atoms with E-state index in [1.807, 2.05) is 49.4 Å². The number of amides is 1. The molecule has 0 saturated carbocycles. The fraction of sp³-hybridized carbons (Fsp3) is 0.208. The summed E-state index contributed by atoms with van der Waals surface area (Å²) in [5.74, 6) is -0.201. The Hall–Kier alpha value is -3.16. The highest BCUT2D eigenvalue weighted by Crippen LogP contribution is 2.29. The third-order valence-electron chi connectivity index (χ3n) is 4.91. The molecule has 3 aromatic carbocycles. The average molecular weight is 439 g/mol. The van der Waals surface area contributed by atoms with E-state index in [0.717, 1.165) is 11.1 Å². The summed E-state index contributed by atoms with van der Waals surface area (Å²) in [6, 6.07) is 21.2. The normalized spacial score (nSPS) is 11.4. The van der Waals surface area contributed by atoms with Crippen LogP contribution in [0.25, 0.3) is 0 Å². The first-order chi connectivity index (χ1) is 14.8. The van der Waals surface area contributed by atoms with Gasteiger partial charge in [-0.25, -0.2) is 8.42 Å². The minimum Gasteiger partial charge on any atom is -0.495 e. The molecular formula is C24H26N2O4S. The predicted octanol–water partition coefficient (Wildman–Crippen LogP) is 4.47. The van der Waals surface area contributed by atoms with Gasteiger partial charge in [0.2, 0.25) is 10.0 Å². The zero-order chi connectivity index (χ0) is 22.4. The van der Waals surface area contributed by atoms with Gasteiger partial charge in [0.05, 0.1) is 7.11 Å². The van der Waals surface area contributed by atoms with Crippen molar-refractivity contribution >= 4 is 21.6 Å². The number of carbonyl (C=O) groups excluding carboxylic acids is 1. The van der Waals surface area contributed by atoms with E-state index in [1.54, 1.807) is 25.1 Å². The number of benzene rings is 3. The first kappa shape index (κ1) is 22.5. The van der Waals surface area contributed by atoms with Crippen molar-refractivity contribution in [1.29, 1.82) is 0 Å². The van der Waals surface area contributed by atoms with Crippen LogP contribution in [0, 0.1) is 6.92 Å². The molecule has 0 bridgehead atoms. The lowest BCUT2D eigenvalue weighted by Crippen LogP contribution is -2.31. The molecule has 7 heteroatoms. The largest absolute Gasteiger partial charge is 0.495 e. The molecule has 0 fully saturated rings. The van der Waals surface area contributed by atoms with Gasteiger partial charge in [0.25, 0.3) is 5.91 Å². The number of aryl methyl sites for hydroxylation is 1. The third-order valence-corrected chi connectivity index (χ3v) is 6.85.